The van der Waals surface area contributed by atoms with Crippen molar-refractivity contribution in [3.8, 4) is 5.75 Å². The van der Waals surface area contributed by atoms with E-state index in [0.29, 0.717) is 32.5 Å². The number of ether oxygens (including phenoxy) is 1. The Bertz CT molecular complexity index is 1460. The zero-order chi connectivity index (χ0) is 24.0. The first-order chi connectivity index (χ1) is 16.4. The van der Waals surface area contributed by atoms with Crippen molar-refractivity contribution in [2.45, 2.75) is 13.0 Å². The number of fused-ring (bicyclic) bond motifs is 1. The van der Waals surface area contributed by atoms with Crippen molar-refractivity contribution in [3.63, 3.8) is 0 Å². The van der Waals surface area contributed by atoms with Crippen molar-refractivity contribution in [2.75, 3.05) is 12.0 Å². The Labute approximate surface area is 204 Å². The van der Waals surface area contributed by atoms with Crippen LogP contribution in [0.1, 0.15) is 22.7 Å². The van der Waals surface area contributed by atoms with Gasteiger partial charge in [-0.05, 0) is 55.0 Å². The number of benzene rings is 3. The van der Waals surface area contributed by atoms with Gasteiger partial charge in [-0.15, -0.1) is 0 Å². The first kappa shape index (κ1) is 22.1. The van der Waals surface area contributed by atoms with E-state index in [0.717, 1.165) is 10.3 Å². The number of carbonyl (C=O) groups is 2. The van der Waals surface area contributed by atoms with Crippen LogP contribution in [0.2, 0.25) is 5.02 Å². The summed E-state index contributed by atoms with van der Waals surface area (Å²) < 4.78 is 6.11. The molecule has 34 heavy (non-hydrogen) atoms. The molecule has 8 heteroatoms. The molecule has 1 saturated heterocycles. The maximum Gasteiger partial charge on any atom is 0.301 e. The third-order valence-electron chi connectivity index (χ3n) is 5.75. The van der Waals surface area contributed by atoms with Gasteiger partial charge in [0.25, 0.3) is 5.78 Å². The molecule has 1 fully saturated rings. The number of methoxy groups -OCH3 is 1. The number of aliphatic hydroxyl groups excluding tert-OH is 1. The second kappa shape index (κ2) is 8.59. The molecule has 1 aliphatic rings. The molecule has 5 rings (SSSR count). The third-order valence-corrected chi connectivity index (χ3v) is 7.02. The molecule has 0 unspecified atom stereocenters. The van der Waals surface area contributed by atoms with Crippen molar-refractivity contribution >= 4 is 55.7 Å². The number of rotatable bonds is 4. The van der Waals surface area contributed by atoms with Crippen LogP contribution in [0.5, 0.6) is 5.75 Å². The molecule has 1 atom stereocenters. The third kappa shape index (κ3) is 3.73. The van der Waals surface area contributed by atoms with Gasteiger partial charge in [0.1, 0.15) is 11.5 Å². The molecule has 0 radical (unpaired) electrons. The summed E-state index contributed by atoms with van der Waals surface area (Å²) in [4.78, 5) is 32.6. The van der Waals surface area contributed by atoms with Crippen molar-refractivity contribution in [1.29, 1.82) is 0 Å². The molecular weight excluding hydrogens is 472 g/mol. The second-order valence-electron chi connectivity index (χ2n) is 7.92. The van der Waals surface area contributed by atoms with Crippen molar-refractivity contribution in [2.24, 2.45) is 0 Å². The van der Waals surface area contributed by atoms with Gasteiger partial charge < -0.3 is 9.84 Å². The van der Waals surface area contributed by atoms with Gasteiger partial charge in [0.2, 0.25) is 0 Å². The van der Waals surface area contributed by atoms with Gasteiger partial charge in [0, 0.05) is 10.6 Å². The summed E-state index contributed by atoms with van der Waals surface area (Å²) in [5.41, 5.74) is 2.81. The summed E-state index contributed by atoms with van der Waals surface area (Å²) in [6.07, 6.45) is 0. The van der Waals surface area contributed by atoms with E-state index in [4.69, 9.17) is 16.3 Å². The molecule has 170 valence electrons. The average molecular weight is 491 g/mol. The van der Waals surface area contributed by atoms with E-state index in [-0.39, 0.29) is 11.3 Å². The summed E-state index contributed by atoms with van der Waals surface area (Å²) in [5, 5.41) is 12.0. The molecule has 1 amide bonds. The number of aromatic nitrogens is 1. The first-order valence-corrected chi connectivity index (χ1v) is 11.6. The highest BCUT2D eigenvalue weighted by atomic mass is 35.5. The molecule has 6 nitrogen and oxygen atoms in total. The quantitative estimate of drug-likeness (QED) is 0.219. The number of hydrogen-bond donors (Lipinski definition) is 1. The highest BCUT2D eigenvalue weighted by Crippen LogP contribution is 2.44. The lowest BCUT2D eigenvalue weighted by Crippen LogP contribution is -2.29. The van der Waals surface area contributed by atoms with Gasteiger partial charge in [-0.2, -0.15) is 0 Å². The summed E-state index contributed by atoms with van der Waals surface area (Å²) in [6, 6.07) is 18.6. The average Bonchev–Trinajstić information content (AvgIpc) is 3.37. The van der Waals surface area contributed by atoms with Crippen LogP contribution in [0, 0.1) is 6.92 Å². The van der Waals surface area contributed by atoms with Crippen LogP contribution in [-0.2, 0) is 9.59 Å². The fourth-order valence-electron chi connectivity index (χ4n) is 3.98. The molecule has 1 N–H and O–H groups in total. The number of Topliss-reactive ketones (excluding diaryl/α,β-unsaturated/α-hetero) is 1. The van der Waals surface area contributed by atoms with E-state index in [1.807, 2.05) is 37.3 Å². The highest BCUT2D eigenvalue weighted by Gasteiger charge is 2.48. The Kier molecular flexibility index (Phi) is 5.59. The zero-order valence-corrected chi connectivity index (χ0v) is 19.9. The number of amides is 1. The second-order valence-corrected chi connectivity index (χ2v) is 9.36. The Morgan fingerprint density at radius 2 is 1.76 bits per heavy atom. The number of thiazole rings is 1. The number of aliphatic hydroxyl groups is 1. The molecule has 1 aromatic heterocycles. The minimum atomic E-state index is -0.835. The molecule has 0 saturated carbocycles. The van der Waals surface area contributed by atoms with Crippen LogP contribution in [0.25, 0.3) is 16.0 Å². The molecule has 2 heterocycles. The number of ketones is 1. The smallest absolute Gasteiger partial charge is 0.301 e. The molecule has 3 aromatic carbocycles. The summed E-state index contributed by atoms with van der Waals surface area (Å²) in [7, 11) is 1.58. The Morgan fingerprint density at radius 1 is 1.06 bits per heavy atom. The minimum Gasteiger partial charge on any atom is -0.507 e. The summed E-state index contributed by atoms with van der Waals surface area (Å²) >= 11 is 7.27. The predicted octanol–water partition coefficient (Wildman–Crippen LogP) is 5.89. The number of hydrogen-bond acceptors (Lipinski definition) is 6. The normalized spacial score (nSPS) is 17.5. The van der Waals surface area contributed by atoms with Gasteiger partial charge in [-0.1, -0.05) is 52.8 Å². The van der Waals surface area contributed by atoms with Gasteiger partial charge in [-0.25, -0.2) is 4.98 Å². The molecule has 0 bridgehead atoms. The van der Waals surface area contributed by atoms with Gasteiger partial charge >= 0.3 is 5.91 Å². The van der Waals surface area contributed by atoms with E-state index in [9.17, 15) is 14.7 Å². The Balaban J connectivity index is 1.71. The number of nitrogens with zero attached hydrogens (tertiary/aromatic N) is 2. The van der Waals surface area contributed by atoms with Crippen LogP contribution < -0.4 is 9.64 Å². The Hall–Kier alpha value is -3.68. The first-order valence-electron chi connectivity index (χ1n) is 10.5. The van der Waals surface area contributed by atoms with E-state index < -0.39 is 17.7 Å². The van der Waals surface area contributed by atoms with Crippen molar-refractivity contribution in [3.05, 3.63) is 94.0 Å². The number of aryl methyl sites for hydroxylation is 1. The molecular formula is C26H19ClN2O4S. The van der Waals surface area contributed by atoms with Crippen molar-refractivity contribution < 1.29 is 19.4 Å². The van der Waals surface area contributed by atoms with Crippen molar-refractivity contribution in [1.82, 2.24) is 4.98 Å². The maximum absolute atomic E-state index is 13.3. The van der Waals surface area contributed by atoms with Gasteiger partial charge in [0.05, 0.1) is 28.9 Å². The predicted molar refractivity (Wildman–Crippen MR) is 134 cm³/mol. The fraction of sp³-hybridized carbons (Fsp3) is 0.115. The number of halogens is 1. The van der Waals surface area contributed by atoms with E-state index in [2.05, 4.69) is 4.98 Å². The Morgan fingerprint density at radius 3 is 2.44 bits per heavy atom. The SMILES string of the molecule is COc1ccc2nc(N3C(=O)C(=O)/C(=C(/O)c4ccc(Cl)cc4)[C@H]3c3ccc(C)cc3)sc2c1. The largest absolute Gasteiger partial charge is 0.507 e. The lowest BCUT2D eigenvalue weighted by Gasteiger charge is -2.23. The standard InChI is InChI=1S/C26H19ClN2O4S/c1-14-3-5-15(6-4-14)22-21(23(30)16-7-9-17(27)10-8-16)24(31)25(32)29(22)26-28-19-12-11-18(33-2)13-20(19)34-26/h3-13,22,30H,1-2H3/b23-21+/t22-/m1/s1. The van der Waals surface area contributed by atoms with E-state index in [1.54, 1.807) is 43.5 Å². The maximum atomic E-state index is 13.3. The highest BCUT2D eigenvalue weighted by molar-refractivity contribution is 7.22. The van der Waals surface area contributed by atoms with Crippen LogP contribution in [0.4, 0.5) is 5.13 Å². The lowest BCUT2D eigenvalue weighted by atomic mass is 9.95. The number of anilines is 1. The molecule has 0 aliphatic carbocycles. The van der Waals surface area contributed by atoms with Gasteiger partial charge in [-0.3, -0.25) is 14.5 Å². The molecule has 4 aromatic rings. The van der Waals surface area contributed by atoms with Crippen LogP contribution in [0.3, 0.4) is 0 Å². The summed E-state index contributed by atoms with van der Waals surface area (Å²) in [5.74, 6) is -1.10. The fourth-order valence-corrected chi connectivity index (χ4v) is 5.13. The van der Waals surface area contributed by atoms with E-state index in [1.165, 1.54) is 16.2 Å². The van der Waals surface area contributed by atoms with Gasteiger partial charge in [0.15, 0.2) is 5.13 Å². The summed E-state index contributed by atoms with van der Waals surface area (Å²) in [6.45, 7) is 1.95. The lowest BCUT2D eigenvalue weighted by molar-refractivity contribution is -0.132. The van der Waals surface area contributed by atoms with Crippen LogP contribution in [0.15, 0.2) is 72.3 Å². The van der Waals surface area contributed by atoms with E-state index >= 15 is 0 Å². The topological polar surface area (TPSA) is 79.7 Å². The van der Waals surface area contributed by atoms with Crippen LogP contribution in [-0.4, -0.2) is 28.9 Å². The molecule has 1 aliphatic heterocycles. The minimum absolute atomic E-state index is 0.00742. The monoisotopic (exact) mass is 490 g/mol. The zero-order valence-electron chi connectivity index (χ0n) is 18.3. The molecule has 0 spiro atoms. The number of carbonyl (C=O) groups excluding carboxylic acids is 2. The van der Waals surface area contributed by atoms with Crippen LogP contribution >= 0.6 is 22.9 Å².